The second-order valence-corrected chi connectivity index (χ2v) is 6.63. The van der Waals surface area contributed by atoms with Crippen LogP contribution in [-0.2, 0) is 4.79 Å². The summed E-state index contributed by atoms with van der Waals surface area (Å²) in [7, 11) is 1.59. The molecule has 0 spiro atoms. The van der Waals surface area contributed by atoms with Crippen LogP contribution in [0.25, 0.3) is 11.3 Å². The lowest BCUT2D eigenvalue weighted by molar-refractivity contribution is -0.115. The van der Waals surface area contributed by atoms with Gasteiger partial charge in [0.15, 0.2) is 17.3 Å². The zero-order chi connectivity index (χ0) is 22.9. The van der Waals surface area contributed by atoms with Crippen LogP contribution in [0.1, 0.15) is 24.2 Å². The van der Waals surface area contributed by atoms with E-state index >= 15 is 0 Å². The molecule has 0 saturated heterocycles. The van der Waals surface area contributed by atoms with Crippen LogP contribution >= 0.6 is 0 Å². The lowest BCUT2D eigenvalue weighted by atomic mass is 10.1. The number of ether oxygens (including phenoxy) is 3. The third-order valence-corrected chi connectivity index (χ3v) is 4.46. The lowest BCUT2D eigenvalue weighted by Crippen LogP contribution is -2.32. The van der Waals surface area contributed by atoms with Crippen molar-refractivity contribution in [3.8, 4) is 28.5 Å². The molecule has 32 heavy (non-hydrogen) atoms. The summed E-state index contributed by atoms with van der Waals surface area (Å²) in [6.07, 6.45) is 0. The normalized spacial score (nSPS) is 10.3. The fourth-order valence-electron chi connectivity index (χ4n) is 3.03. The molecule has 0 atom stereocenters. The zero-order valence-electron chi connectivity index (χ0n) is 18.2. The van der Waals surface area contributed by atoms with E-state index in [1.165, 1.54) is 0 Å². The average molecular weight is 438 g/mol. The second-order valence-electron chi connectivity index (χ2n) is 6.63. The van der Waals surface area contributed by atoms with Crippen LogP contribution in [0.15, 0.2) is 48.5 Å². The first-order valence-electron chi connectivity index (χ1n) is 10.2. The molecule has 0 radical (unpaired) electrons. The molecule has 1 heterocycles. The van der Waals surface area contributed by atoms with E-state index in [9.17, 15) is 9.59 Å². The first-order chi connectivity index (χ1) is 15.5. The fourth-order valence-corrected chi connectivity index (χ4v) is 3.03. The van der Waals surface area contributed by atoms with Crippen LogP contribution in [0.3, 0.4) is 0 Å². The number of methoxy groups -OCH3 is 1. The molecule has 0 aliphatic heterocycles. The van der Waals surface area contributed by atoms with E-state index in [1.54, 1.807) is 31.4 Å². The average Bonchev–Trinajstić information content (AvgIpc) is 3.27. The summed E-state index contributed by atoms with van der Waals surface area (Å²) in [6.45, 7) is 4.42. The maximum atomic E-state index is 12.5. The summed E-state index contributed by atoms with van der Waals surface area (Å²) >= 11 is 0. The van der Waals surface area contributed by atoms with Gasteiger partial charge >= 0.3 is 0 Å². The quantitative estimate of drug-likeness (QED) is 0.448. The van der Waals surface area contributed by atoms with Gasteiger partial charge in [-0.3, -0.25) is 14.7 Å². The molecule has 0 aliphatic carbocycles. The number of benzene rings is 2. The lowest BCUT2D eigenvalue weighted by Gasteiger charge is -2.12. The number of rotatable bonds is 10. The Bertz CT molecular complexity index is 1080. The van der Waals surface area contributed by atoms with Gasteiger partial charge in [-0.05, 0) is 44.2 Å². The van der Waals surface area contributed by atoms with Crippen molar-refractivity contribution in [2.24, 2.45) is 0 Å². The highest BCUT2D eigenvalue weighted by atomic mass is 16.5. The number of hydrogen-bond acceptors (Lipinski definition) is 6. The topological polar surface area (TPSA) is 115 Å². The minimum atomic E-state index is -0.410. The molecule has 0 unspecified atom stereocenters. The van der Waals surface area contributed by atoms with Crippen molar-refractivity contribution in [3.63, 3.8) is 0 Å². The summed E-state index contributed by atoms with van der Waals surface area (Å²) in [6, 6.07) is 14.0. The number of hydrogen-bond donors (Lipinski definition) is 3. The number of anilines is 1. The second kappa shape index (κ2) is 10.9. The SMILES string of the molecule is CCOc1ccc(C(=O)NCC(=O)Nc2cc(-c3ccccc3OC)[nH]n2)cc1OCC. The van der Waals surface area contributed by atoms with Crippen LogP contribution < -0.4 is 24.8 Å². The van der Waals surface area contributed by atoms with Gasteiger partial charge in [0.05, 0.1) is 32.6 Å². The van der Waals surface area contributed by atoms with Crippen LogP contribution in [0.4, 0.5) is 5.82 Å². The standard InChI is InChI=1S/C23H26N4O5/c1-4-31-19-11-10-15(12-20(19)32-5-2)23(29)24-14-22(28)25-21-13-17(26-27-21)16-8-6-7-9-18(16)30-3/h6-13H,4-5,14H2,1-3H3,(H,24,29)(H2,25,26,27,28). The first-order valence-corrected chi connectivity index (χ1v) is 10.2. The molecule has 9 nitrogen and oxygen atoms in total. The number of nitrogens with one attached hydrogen (secondary N) is 3. The van der Waals surface area contributed by atoms with Crippen molar-refractivity contribution in [1.82, 2.24) is 15.5 Å². The van der Waals surface area contributed by atoms with Gasteiger partial charge in [-0.1, -0.05) is 12.1 Å². The number of aromatic amines is 1. The minimum Gasteiger partial charge on any atom is -0.496 e. The van der Waals surface area contributed by atoms with Crippen molar-refractivity contribution < 1.29 is 23.8 Å². The van der Waals surface area contributed by atoms with E-state index in [1.807, 2.05) is 38.1 Å². The highest BCUT2D eigenvalue weighted by Crippen LogP contribution is 2.29. The van der Waals surface area contributed by atoms with Gasteiger partial charge in [0, 0.05) is 17.2 Å². The number of para-hydroxylation sites is 1. The molecule has 3 N–H and O–H groups in total. The molecule has 0 fully saturated rings. The van der Waals surface area contributed by atoms with Gasteiger partial charge in [0.2, 0.25) is 5.91 Å². The Morgan fingerprint density at radius 3 is 2.47 bits per heavy atom. The minimum absolute atomic E-state index is 0.215. The molecule has 168 valence electrons. The van der Waals surface area contributed by atoms with Gasteiger partial charge in [-0.25, -0.2) is 0 Å². The third-order valence-electron chi connectivity index (χ3n) is 4.46. The molecule has 2 amide bonds. The summed E-state index contributed by atoms with van der Waals surface area (Å²) in [5.41, 5.74) is 1.87. The Kier molecular flexibility index (Phi) is 7.69. The molecule has 0 aliphatic rings. The predicted octanol–water partition coefficient (Wildman–Crippen LogP) is 3.25. The summed E-state index contributed by atoms with van der Waals surface area (Å²) < 4.78 is 16.4. The van der Waals surface area contributed by atoms with Gasteiger partial charge in [-0.15, -0.1) is 0 Å². The molecule has 9 heteroatoms. The van der Waals surface area contributed by atoms with Crippen LogP contribution in [-0.4, -0.2) is 48.9 Å². The van der Waals surface area contributed by atoms with Crippen molar-refractivity contribution in [2.75, 3.05) is 32.2 Å². The molecule has 0 saturated carbocycles. The van der Waals surface area contributed by atoms with Crippen molar-refractivity contribution in [3.05, 3.63) is 54.1 Å². The van der Waals surface area contributed by atoms with E-state index in [0.29, 0.717) is 47.5 Å². The Hall–Kier alpha value is -4.01. The van der Waals surface area contributed by atoms with Crippen LogP contribution in [0.2, 0.25) is 0 Å². The van der Waals surface area contributed by atoms with Gasteiger partial charge in [0.25, 0.3) is 5.91 Å². The first kappa shape index (κ1) is 22.7. The Labute approximate surface area is 186 Å². The van der Waals surface area contributed by atoms with Gasteiger partial charge < -0.3 is 24.8 Å². The highest BCUT2D eigenvalue weighted by Gasteiger charge is 2.14. The van der Waals surface area contributed by atoms with E-state index < -0.39 is 11.8 Å². The summed E-state index contributed by atoms with van der Waals surface area (Å²) in [4.78, 5) is 24.7. The Morgan fingerprint density at radius 2 is 1.72 bits per heavy atom. The number of H-pyrrole nitrogens is 1. The molecule has 3 aromatic rings. The van der Waals surface area contributed by atoms with Gasteiger partial charge in [-0.2, -0.15) is 5.10 Å². The van der Waals surface area contributed by atoms with Crippen LogP contribution in [0.5, 0.6) is 17.2 Å². The van der Waals surface area contributed by atoms with E-state index in [-0.39, 0.29) is 6.54 Å². The smallest absolute Gasteiger partial charge is 0.251 e. The monoisotopic (exact) mass is 438 g/mol. The number of nitrogens with zero attached hydrogens (tertiary/aromatic N) is 1. The number of carbonyl (C=O) groups is 2. The van der Waals surface area contributed by atoms with Crippen LogP contribution in [0, 0.1) is 0 Å². The van der Waals surface area contributed by atoms with E-state index in [0.717, 1.165) is 5.56 Å². The fraction of sp³-hybridized carbons (Fsp3) is 0.261. The molecule has 3 rings (SSSR count). The Balaban J connectivity index is 1.59. The summed E-state index contributed by atoms with van der Waals surface area (Å²) in [5, 5.41) is 12.2. The van der Waals surface area contributed by atoms with E-state index in [2.05, 4.69) is 20.8 Å². The highest BCUT2D eigenvalue weighted by molar-refractivity contribution is 5.99. The molecule has 1 aromatic heterocycles. The van der Waals surface area contributed by atoms with Crippen molar-refractivity contribution in [1.29, 1.82) is 0 Å². The predicted molar refractivity (Wildman–Crippen MR) is 120 cm³/mol. The molecule has 2 aromatic carbocycles. The number of carbonyl (C=O) groups excluding carboxylic acids is 2. The maximum Gasteiger partial charge on any atom is 0.251 e. The largest absolute Gasteiger partial charge is 0.496 e. The Morgan fingerprint density at radius 1 is 0.969 bits per heavy atom. The number of amides is 2. The molecular formula is C23H26N4O5. The molecular weight excluding hydrogens is 412 g/mol. The van der Waals surface area contributed by atoms with Crippen molar-refractivity contribution >= 4 is 17.6 Å². The van der Waals surface area contributed by atoms with Crippen molar-refractivity contribution in [2.45, 2.75) is 13.8 Å². The van der Waals surface area contributed by atoms with Gasteiger partial charge in [0.1, 0.15) is 5.75 Å². The zero-order valence-corrected chi connectivity index (χ0v) is 18.2. The summed E-state index contributed by atoms with van der Waals surface area (Å²) in [5.74, 6) is 1.25. The third kappa shape index (κ3) is 5.57. The maximum absolute atomic E-state index is 12.5. The number of aromatic nitrogens is 2. The van der Waals surface area contributed by atoms with E-state index in [4.69, 9.17) is 14.2 Å². The molecule has 0 bridgehead atoms.